The fourth-order valence-corrected chi connectivity index (χ4v) is 1.67. The molecule has 0 spiro atoms. The zero-order valence-electron chi connectivity index (χ0n) is 10.3. The van der Waals surface area contributed by atoms with E-state index in [1.54, 1.807) is 13.2 Å². The molecule has 0 aliphatic carbocycles. The lowest BCUT2D eigenvalue weighted by Gasteiger charge is -2.06. The van der Waals surface area contributed by atoms with Crippen molar-refractivity contribution in [3.05, 3.63) is 34.6 Å². The van der Waals surface area contributed by atoms with Crippen LogP contribution in [0.4, 0.5) is 4.39 Å². The molecule has 0 saturated heterocycles. The second kappa shape index (κ2) is 8.06. The van der Waals surface area contributed by atoms with Crippen LogP contribution in [-0.2, 0) is 16.1 Å². The number of hydrogen-bond acceptors (Lipinski definition) is 2. The third kappa shape index (κ3) is 5.47. The van der Waals surface area contributed by atoms with Crippen LogP contribution in [-0.4, -0.2) is 19.6 Å². The summed E-state index contributed by atoms with van der Waals surface area (Å²) in [6.07, 6.45) is 2.13. The Morgan fingerprint density at radius 3 is 2.89 bits per heavy atom. The molecule has 1 aromatic carbocycles. The van der Waals surface area contributed by atoms with Crippen LogP contribution in [0.25, 0.3) is 0 Å². The van der Waals surface area contributed by atoms with Gasteiger partial charge in [-0.1, -0.05) is 17.7 Å². The monoisotopic (exact) mass is 273 g/mol. The third-order valence-corrected chi connectivity index (χ3v) is 2.77. The number of halogens is 2. The minimum Gasteiger partial charge on any atom is -0.385 e. The van der Waals surface area contributed by atoms with Gasteiger partial charge in [0.25, 0.3) is 0 Å². The summed E-state index contributed by atoms with van der Waals surface area (Å²) in [6.45, 7) is 1.03. The van der Waals surface area contributed by atoms with E-state index >= 15 is 0 Å². The Labute approximate surface area is 111 Å². The van der Waals surface area contributed by atoms with Crippen LogP contribution in [0.15, 0.2) is 18.2 Å². The van der Waals surface area contributed by atoms with Gasteiger partial charge in [0.1, 0.15) is 5.82 Å². The highest BCUT2D eigenvalue weighted by molar-refractivity contribution is 6.30. The molecule has 100 valence electrons. The molecule has 3 nitrogen and oxygen atoms in total. The summed E-state index contributed by atoms with van der Waals surface area (Å²) in [5.41, 5.74) is 0.784. The molecule has 0 heterocycles. The second-order valence-electron chi connectivity index (χ2n) is 3.98. The number of unbranched alkanes of at least 4 members (excludes halogenated alkanes) is 1. The first-order chi connectivity index (χ1) is 8.63. The van der Waals surface area contributed by atoms with Crippen molar-refractivity contribution in [2.45, 2.75) is 25.8 Å². The molecule has 18 heavy (non-hydrogen) atoms. The predicted octanol–water partition coefficient (Wildman–Crippen LogP) is 2.91. The predicted molar refractivity (Wildman–Crippen MR) is 69.0 cm³/mol. The maximum atomic E-state index is 12.9. The van der Waals surface area contributed by atoms with E-state index in [2.05, 4.69) is 5.32 Å². The molecule has 0 aliphatic heterocycles. The average molecular weight is 274 g/mol. The number of hydrogen-bond donors (Lipinski definition) is 1. The maximum absolute atomic E-state index is 12.9. The smallest absolute Gasteiger partial charge is 0.220 e. The number of carbonyl (C=O) groups is 1. The zero-order chi connectivity index (χ0) is 13.4. The molecule has 1 N–H and O–H groups in total. The first-order valence-electron chi connectivity index (χ1n) is 5.83. The highest BCUT2D eigenvalue weighted by Gasteiger charge is 2.03. The first-order valence-corrected chi connectivity index (χ1v) is 6.21. The van der Waals surface area contributed by atoms with Crippen LogP contribution in [0.2, 0.25) is 5.02 Å². The first kappa shape index (κ1) is 14.9. The molecular formula is C13H17ClFNO2. The molecule has 0 radical (unpaired) electrons. The van der Waals surface area contributed by atoms with E-state index in [-0.39, 0.29) is 10.9 Å². The number of carbonyl (C=O) groups excluding carboxylic acids is 1. The van der Waals surface area contributed by atoms with Gasteiger partial charge in [0.05, 0.1) is 5.02 Å². The van der Waals surface area contributed by atoms with Crippen LogP contribution < -0.4 is 5.32 Å². The molecule has 0 aromatic heterocycles. The van der Waals surface area contributed by atoms with Gasteiger partial charge in [-0.15, -0.1) is 0 Å². The minimum atomic E-state index is -0.452. The molecule has 0 aliphatic rings. The summed E-state index contributed by atoms with van der Waals surface area (Å²) in [4.78, 5) is 11.5. The average Bonchev–Trinajstić information content (AvgIpc) is 2.36. The molecular weight excluding hydrogens is 257 g/mol. The Balaban J connectivity index is 2.27. The number of nitrogens with one attached hydrogen (secondary N) is 1. The standard InChI is InChI=1S/C13H17ClFNO2/c1-18-7-3-2-4-13(17)16-9-10-5-6-12(15)11(14)8-10/h5-6,8H,2-4,7,9H2,1H3,(H,16,17). The highest BCUT2D eigenvalue weighted by atomic mass is 35.5. The van der Waals surface area contributed by atoms with Gasteiger partial charge in [0.2, 0.25) is 5.91 Å². The van der Waals surface area contributed by atoms with E-state index in [9.17, 15) is 9.18 Å². The largest absolute Gasteiger partial charge is 0.385 e. The maximum Gasteiger partial charge on any atom is 0.220 e. The highest BCUT2D eigenvalue weighted by Crippen LogP contribution is 2.15. The lowest BCUT2D eigenvalue weighted by molar-refractivity contribution is -0.121. The van der Waals surface area contributed by atoms with Crippen molar-refractivity contribution in [3.8, 4) is 0 Å². The molecule has 1 amide bonds. The van der Waals surface area contributed by atoms with Gasteiger partial charge >= 0.3 is 0 Å². The molecule has 0 atom stereocenters. The summed E-state index contributed by atoms with van der Waals surface area (Å²) >= 11 is 5.65. The van der Waals surface area contributed by atoms with Crippen molar-refractivity contribution in [2.75, 3.05) is 13.7 Å². The fourth-order valence-electron chi connectivity index (χ4n) is 1.47. The Kier molecular flexibility index (Phi) is 6.68. The summed E-state index contributed by atoms with van der Waals surface area (Å²) in [5, 5.41) is 2.83. The van der Waals surface area contributed by atoms with E-state index in [0.29, 0.717) is 19.6 Å². The molecule has 0 bridgehead atoms. The van der Waals surface area contributed by atoms with Crippen molar-refractivity contribution in [3.63, 3.8) is 0 Å². The summed E-state index contributed by atoms with van der Waals surface area (Å²) in [7, 11) is 1.64. The van der Waals surface area contributed by atoms with Gasteiger partial charge in [-0.25, -0.2) is 4.39 Å². The van der Waals surface area contributed by atoms with Gasteiger partial charge in [0, 0.05) is 26.7 Å². The van der Waals surface area contributed by atoms with Gasteiger partial charge in [0.15, 0.2) is 0 Å². The van der Waals surface area contributed by atoms with Crippen molar-refractivity contribution < 1.29 is 13.9 Å². The summed E-state index contributed by atoms with van der Waals surface area (Å²) in [5.74, 6) is -0.474. The molecule has 5 heteroatoms. The normalized spacial score (nSPS) is 10.4. The Hall–Kier alpha value is -1.13. The van der Waals surface area contributed by atoms with Crippen LogP contribution in [0.3, 0.4) is 0 Å². The van der Waals surface area contributed by atoms with Crippen LogP contribution in [0, 0.1) is 5.82 Å². The van der Waals surface area contributed by atoms with Crippen molar-refractivity contribution in [2.24, 2.45) is 0 Å². The zero-order valence-corrected chi connectivity index (χ0v) is 11.1. The van der Waals surface area contributed by atoms with Crippen LogP contribution in [0.5, 0.6) is 0 Å². The lowest BCUT2D eigenvalue weighted by Crippen LogP contribution is -2.22. The van der Waals surface area contributed by atoms with E-state index in [4.69, 9.17) is 16.3 Å². The second-order valence-corrected chi connectivity index (χ2v) is 4.38. The summed E-state index contributed by atoms with van der Waals surface area (Å²) < 4.78 is 17.8. The molecule has 1 aromatic rings. The summed E-state index contributed by atoms with van der Waals surface area (Å²) in [6, 6.07) is 4.41. The lowest BCUT2D eigenvalue weighted by atomic mass is 10.2. The minimum absolute atomic E-state index is 0.0217. The van der Waals surface area contributed by atoms with E-state index in [1.165, 1.54) is 12.1 Å². The van der Waals surface area contributed by atoms with E-state index in [1.807, 2.05) is 0 Å². The van der Waals surface area contributed by atoms with Gasteiger partial charge in [-0.2, -0.15) is 0 Å². The number of ether oxygens (including phenoxy) is 1. The molecule has 1 rings (SSSR count). The Morgan fingerprint density at radius 2 is 2.22 bits per heavy atom. The fraction of sp³-hybridized carbons (Fsp3) is 0.462. The number of amides is 1. The van der Waals surface area contributed by atoms with Crippen molar-refractivity contribution in [1.29, 1.82) is 0 Å². The van der Waals surface area contributed by atoms with Crippen LogP contribution >= 0.6 is 11.6 Å². The van der Waals surface area contributed by atoms with Crippen molar-refractivity contribution >= 4 is 17.5 Å². The van der Waals surface area contributed by atoms with Gasteiger partial charge < -0.3 is 10.1 Å². The molecule has 0 fully saturated rings. The quantitative estimate of drug-likeness (QED) is 0.776. The molecule has 0 saturated carbocycles. The van der Waals surface area contributed by atoms with Crippen LogP contribution in [0.1, 0.15) is 24.8 Å². The topological polar surface area (TPSA) is 38.3 Å². The Morgan fingerprint density at radius 1 is 1.44 bits per heavy atom. The van der Waals surface area contributed by atoms with Crippen molar-refractivity contribution in [1.82, 2.24) is 5.32 Å². The number of methoxy groups -OCH3 is 1. The number of benzene rings is 1. The SMILES string of the molecule is COCCCCC(=O)NCc1ccc(F)c(Cl)c1. The molecule has 0 unspecified atom stereocenters. The van der Waals surface area contributed by atoms with Gasteiger partial charge in [-0.05, 0) is 30.5 Å². The van der Waals surface area contributed by atoms with E-state index in [0.717, 1.165) is 18.4 Å². The number of rotatable bonds is 7. The Bertz CT molecular complexity index is 399. The third-order valence-electron chi connectivity index (χ3n) is 2.48. The van der Waals surface area contributed by atoms with Gasteiger partial charge in [-0.3, -0.25) is 4.79 Å². The van der Waals surface area contributed by atoms with E-state index < -0.39 is 5.82 Å².